The van der Waals surface area contributed by atoms with Crippen LogP contribution in [0.25, 0.3) is 0 Å². The average Bonchev–Trinajstić information content (AvgIpc) is 2.72. The largest absolute Gasteiger partial charge is 0.394 e. The lowest BCUT2D eigenvalue weighted by atomic mass is 9.97. The summed E-state index contributed by atoms with van der Waals surface area (Å²) in [5.41, 5.74) is 2.43. The summed E-state index contributed by atoms with van der Waals surface area (Å²) in [6.45, 7) is 1.57. The predicted octanol–water partition coefficient (Wildman–Crippen LogP) is 2.37. The number of likely N-dealkylation sites (N-methyl/N-ethyl adjacent to an activating group) is 1. The number of oxime groups is 1. The Morgan fingerprint density at radius 1 is 1.44 bits per heavy atom. The molecule has 1 aromatic heterocycles. The van der Waals surface area contributed by atoms with Crippen LogP contribution in [-0.4, -0.2) is 37.9 Å². The first-order chi connectivity index (χ1) is 7.77. The number of fused-ring (bicyclic) bond motifs is 1. The van der Waals surface area contributed by atoms with Gasteiger partial charge in [-0.05, 0) is 44.8 Å². The fraction of sp³-hybridized carbons (Fsp3) is 0.583. The normalized spacial score (nSPS) is 17.8. The molecule has 0 atom stereocenters. The Labute approximate surface area is 101 Å². The van der Waals surface area contributed by atoms with Crippen molar-refractivity contribution in [3.63, 3.8) is 0 Å². The van der Waals surface area contributed by atoms with Crippen molar-refractivity contribution in [2.24, 2.45) is 5.16 Å². The fourth-order valence-corrected chi connectivity index (χ4v) is 2.73. The van der Waals surface area contributed by atoms with E-state index in [0.29, 0.717) is 6.61 Å². The van der Waals surface area contributed by atoms with E-state index in [2.05, 4.69) is 21.5 Å². The van der Waals surface area contributed by atoms with E-state index in [1.807, 2.05) is 25.4 Å². The van der Waals surface area contributed by atoms with Gasteiger partial charge in [-0.15, -0.1) is 11.3 Å². The Morgan fingerprint density at radius 2 is 2.31 bits per heavy atom. The summed E-state index contributed by atoms with van der Waals surface area (Å²) >= 11 is 1.83. The van der Waals surface area contributed by atoms with Crippen LogP contribution in [0.4, 0.5) is 0 Å². The lowest BCUT2D eigenvalue weighted by Crippen LogP contribution is -2.17. The molecule has 1 heterocycles. The molecular formula is C12H18N2OS. The summed E-state index contributed by atoms with van der Waals surface area (Å²) in [7, 11) is 4.07. The van der Waals surface area contributed by atoms with Gasteiger partial charge < -0.3 is 9.74 Å². The minimum absolute atomic E-state index is 0.663. The first-order valence-electron chi connectivity index (χ1n) is 5.67. The van der Waals surface area contributed by atoms with Crippen molar-refractivity contribution in [2.45, 2.75) is 19.3 Å². The molecule has 1 aliphatic rings. The minimum Gasteiger partial charge on any atom is -0.394 e. The monoisotopic (exact) mass is 238 g/mol. The molecule has 0 spiro atoms. The van der Waals surface area contributed by atoms with Crippen LogP contribution in [0, 0.1) is 0 Å². The Kier molecular flexibility index (Phi) is 3.96. The van der Waals surface area contributed by atoms with Gasteiger partial charge in [0, 0.05) is 17.0 Å². The molecule has 0 N–H and O–H groups in total. The molecule has 4 heteroatoms. The SMILES string of the molecule is CN(C)CCON=C1CCCc2sccc21. The van der Waals surface area contributed by atoms with Gasteiger partial charge in [0.25, 0.3) is 0 Å². The first kappa shape index (κ1) is 11.6. The van der Waals surface area contributed by atoms with Gasteiger partial charge in [-0.1, -0.05) is 5.16 Å². The summed E-state index contributed by atoms with van der Waals surface area (Å²) in [6.07, 6.45) is 3.44. The van der Waals surface area contributed by atoms with E-state index in [0.717, 1.165) is 18.7 Å². The van der Waals surface area contributed by atoms with Crippen molar-refractivity contribution in [2.75, 3.05) is 27.2 Å². The van der Waals surface area contributed by atoms with Gasteiger partial charge in [-0.2, -0.15) is 0 Å². The van der Waals surface area contributed by atoms with E-state index in [1.165, 1.54) is 23.3 Å². The molecule has 0 aromatic carbocycles. The van der Waals surface area contributed by atoms with Crippen LogP contribution >= 0.6 is 11.3 Å². The van der Waals surface area contributed by atoms with Crippen molar-refractivity contribution in [3.8, 4) is 0 Å². The van der Waals surface area contributed by atoms with E-state index >= 15 is 0 Å². The van der Waals surface area contributed by atoms with E-state index < -0.39 is 0 Å². The van der Waals surface area contributed by atoms with E-state index in [1.54, 1.807) is 0 Å². The number of hydrogen-bond acceptors (Lipinski definition) is 4. The van der Waals surface area contributed by atoms with Gasteiger partial charge in [-0.25, -0.2) is 0 Å². The Balaban J connectivity index is 1.93. The van der Waals surface area contributed by atoms with Crippen LogP contribution < -0.4 is 0 Å². The molecule has 0 radical (unpaired) electrons. The van der Waals surface area contributed by atoms with Crippen molar-refractivity contribution in [1.82, 2.24) is 4.90 Å². The van der Waals surface area contributed by atoms with Gasteiger partial charge >= 0.3 is 0 Å². The molecule has 1 aliphatic carbocycles. The van der Waals surface area contributed by atoms with Crippen LogP contribution in [0.3, 0.4) is 0 Å². The topological polar surface area (TPSA) is 24.8 Å². The maximum atomic E-state index is 5.36. The molecule has 0 saturated carbocycles. The van der Waals surface area contributed by atoms with Gasteiger partial charge in [0.1, 0.15) is 6.61 Å². The van der Waals surface area contributed by atoms with Crippen molar-refractivity contribution < 1.29 is 4.84 Å². The highest BCUT2D eigenvalue weighted by Crippen LogP contribution is 2.26. The van der Waals surface area contributed by atoms with Crippen molar-refractivity contribution in [3.05, 3.63) is 21.9 Å². The third-order valence-electron chi connectivity index (χ3n) is 2.68. The Bertz CT molecular complexity index is 371. The fourth-order valence-electron chi connectivity index (χ4n) is 1.78. The lowest BCUT2D eigenvalue weighted by molar-refractivity contribution is 0.125. The summed E-state index contributed by atoms with van der Waals surface area (Å²) in [5, 5.41) is 6.41. The van der Waals surface area contributed by atoms with Crippen LogP contribution in [0.5, 0.6) is 0 Å². The molecule has 2 rings (SSSR count). The smallest absolute Gasteiger partial charge is 0.129 e. The number of thiophene rings is 1. The maximum Gasteiger partial charge on any atom is 0.129 e. The van der Waals surface area contributed by atoms with Gasteiger partial charge in [-0.3, -0.25) is 0 Å². The summed E-state index contributed by atoms with van der Waals surface area (Å²) < 4.78 is 0. The standard InChI is InChI=1S/C12H18N2OS/c1-14(2)7-8-15-13-11-4-3-5-12-10(11)6-9-16-12/h6,9H,3-5,7-8H2,1-2H3. The van der Waals surface area contributed by atoms with E-state index in [4.69, 9.17) is 4.84 Å². The second-order valence-electron chi connectivity index (χ2n) is 4.29. The van der Waals surface area contributed by atoms with Crippen LogP contribution in [0.2, 0.25) is 0 Å². The zero-order valence-electron chi connectivity index (χ0n) is 9.90. The average molecular weight is 238 g/mol. The van der Waals surface area contributed by atoms with Crippen molar-refractivity contribution >= 4 is 17.0 Å². The molecule has 0 amide bonds. The van der Waals surface area contributed by atoms with Crippen LogP contribution in [0.1, 0.15) is 23.3 Å². The molecule has 0 aliphatic heterocycles. The molecule has 88 valence electrons. The highest BCUT2D eigenvalue weighted by molar-refractivity contribution is 7.10. The highest BCUT2D eigenvalue weighted by Gasteiger charge is 2.16. The number of rotatable bonds is 4. The predicted molar refractivity (Wildman–Crippen MR) is 68.3 cm³/mol. The Hall–Kier alpha value is -0.870. The second-order valence-corrected chi connectivity index (χ2v) is 5.29. The molecular weight excluding hydrogens is 220 g/mol. The van der Waals surface area contributed by atoms with Gasteiger partial charge in [0.15, 0.2) is 0 Å². The van der Waals surface area contributed by atoms with Gasteiger partial charge in [0.2, 0.25) is 0 Å². The third-order valence-corrected chi connectivity index (χ3v) is 3.66. The van der Waals surface area contributed by atoms with Crippen molar-refractivity contribution in [1.29, 1.82) is 0 Å². The molecule has 0 unspecified atom stereocenters. The Morgan fingerprint density at radius 3 is 3.12 bits per heavy atom. The molecule has 0 bridgehead atoms. The van der Waals surface area contributed by atoms with E-state index in [9.17, 15) is 0 Å². The van der Waals surface area contributed by atoms with Gasteiger partial charge in [0.05, 0.1) is 5.71 Å². The molecule has 1 aromatic rings. The lowest BCUT2D eigenvalue weighted by Gasteiger charge is -2.13. The summed E-state index contributed by atoms with van der Waals surface area (Å²) in [5.74, 6) is 0. The minimum atomic E-state index is 0.663. The first-order valence-corrected chi connectivity index (χ1v) is 6.55. The highest BCUT2D eigenvalue weighted by atomic mass is 32.1. The molecule has 0 saturated heterocycles. The number of hydrogen-bond donors (Lipinski definition) is 0. The molecule has 16 heavy (non-hydrogen) atoms. The van der Waals surface area contributed by atoms with Crippen LogP contribution in [-0.2, 0) is 11.3 Å². The van der Waals surface area contributed by atoms with Crippen LogP contribution in [0.15, 0.2) is 16.6 Å². The molecule has 0 fully saturated rings. The summed E-state index contributed by atoms with van der Waals surface area (Å²) in [6, 6.07) is 2.16. The third kappa shape index (κ3) is 2.83. The molecule has 3 nitrogen and oxygen atoms in total. The van der Waals surface area contributed by atoms with E-state index in [-0.39, 0.29) is 0 Å². The zero-order chi connectivity index (χ0) is 11.4. The second kappa shape index (κ2) is 5.46. The zero-order valence-corrected chi connectivity index (χ0v) is 10.7. The number of nitrogens with zero attached hydrogens (tertiary/aromatic N) is 2. The quantitative estimate of drug-likeness (QED) is 0.594. The number of aryl methyl sites for hydroxylation is 1. The maximum absolute atomic E-state index is 5.36. The summed E-state index contributed by atoms with van der Waals surface area (Å²) in [4.78, 5) is 8.91.